The van der Waals surface area contributed by atoms with Gasteiger partial charge in [-0.3, -0.25) is 0 Å². The normalized spacial score (nSPS) is 31.0. The van der Waals surface area contributed by atoms with Crippen molar-refractivity contribution >= 4 is 11.3 Å². The molecule has 1 fully saturated rings. The van der Waals surface area contributed by atoms with Crippen molar-refractivity contribution in [3.63, 3.8) is 0 Å². The van der Waals surface area contributed by atoms with Crippen molar-refractivity contribution in [1.82, 2.24) is 5.32 Å². The van der Waals surface area contributed by atoms with E-state index in [2.05, 4.69) is 31.3 Å². The van der Waals surface area contributed by atoms with Crippen LogP contribution in [0.4, 0.5) is 0 Å². The van der Waals surface area contributed by atoms with Crippen molar-refractivity contribution in [3.8, 4) is 0 Å². The van der Waals surface area contributed by atoms with Gasteiger partial charge in [0.05, 0.1) is 6.61 Å². The van der Waals surface area contributed by atoms with Crippen molar-refractivity contribution in [3.05, 3.63) is 21.9 Å². The van der Waals surface area contributed by atoms with Gasteiger partial charge in [-0.05, 0) is 32.4 Å². The molecule has 15 heavy (non-hydrogen) atoms. The third kappa shape index (κ3) is 2.41. The molecule has 1 aromatic rings. The van der Waals surface area contributed by atoms with Crippen LogP contribution < -0.4 is 5.32 Å². The molecule has 1 aliphatic heterocycles. The average molecular weight is 225 g/mol. The van der Waals surface area contributed by atoms with Crippen LogP contribution in [0.3, 0.4) is 0 Å². The summed E-state index contributed by atoms with van der Waals surface area (Å²) in [6.07, 6.45) is 1.18. The van der Waals surface area contributed by atoms with Gasteiger partial charge < -0.3 is 10.1 Å². The van der Waals surface area contributed by atoms with Crippen LogP contribution in [0.5, 0.6) is 0 Å². The maximum atomic E-state index is 5.26. The largest absolute Gasteiger partial charge is 0.383 e. The second kappa shape index (κ2) is 4.24. The Hall–Kier alpha value is -0.380. The van der Waals surface area contributed by atoms with Crippen molar-refractivity contribution in [1.29, 1.82) is 0 Å². The van der Waals surface area contributed by atoms with Gasteiger partial charge in [0.15, 0.2) is 0 Å². The van der Waals surface area contributed by atoms with E-state index in [0.29, 0.717) is 5.92 Å². The lowest BCUT2D eigenvalue weighted by atomic mass is 9.95. The molecule has 2 unspecified atom stereocenters. The SMILES string of the molecule is COCC1(C)CC(c2ccc(C)s2)CN1. The first kappa shape index (κ1) is 11.1. The second-order valence-corrected chi connectivity index (χ2v) is 6.04. The highest BCUT2D eigenvalue weighted by atomic mass is 32.1. The van der Waals surface area contributed by atoms with Crippen LogP contribution in [-0.2, 0) is 4.74 Å². The number of thiophene rings is 1. The van der Waals surface area contributed by atoms with E-state index in [1.54, 1.807) is 7.11 Å². The van der Waals surface area contributed by atoms with Crippen molar-refractivity contribution in [2.45, 2.75) is 31.7 Å². The molecule has 3 heteroatoms. The zero-order chi connectivity index (χ0) is 10.9. The summed E-state index contributed by atoms with van der Waals surface area (Å²) in [5, 5.41) is 3.57. The Balaban J connectivity index is 2.03. The van der Waals surface area contributed by atoms with Gasteiger partial charge in [0.25, 0.3) is 0 Å². The maximum Gasteiger partial charge on any atom is 0.0642 e. The molecule has 2 nitrogen and oxygen atoms in total. The molecular formula is C12H19NOS. The zero-order valence-electron chi connectivity index (χ0n) is 9.67. The van der Waals surface area contributed by atoms with Gasteiger partial charge in [-0.25, -0.2) is 0 Å². The lowest BCUT2D eigenvalue weighted by Crippen LogP contribution is -2.40. The summed E-state index contributed by atoms with van der Waals surface area (Å²) in [6.45, 7) is 6.30. The number of hydrogen-bond acceptors (Lipinski definition) is 3. The number of hydrogen-bond donors (Lipinski definition) is 1. The van der Waals surface area contributed by atoms with Gasteiger partial charge in [0.1, 0.15) is 0 Å². The Morgan fingerprint density at radius 1 is 1.60 bits per heavy atom. The predicted octanol–water partition coefficient (Wildman–Crippen LogP) is 2.54. The maximum absolute atomic E-state index is 5.26. The number of methoxy groups -OCH3 is 1. The van der Waals surface area contributed by atoms with Crippen molar-refractivity contribution in [2.75, 3.05) is 20.3 Å². The molecular weight excluding hydrogens is 206 g/mol. The minimum Gasteiger partial charge on any atom is -0.383 e. The lowest BCUT2D eigenvalue weighted by Gasteiger charge is -2.23. The van der Waals surface area contributed by atoms with Crippen LogP contribution in [0.2, 0.25) is 0 Å². The predicted molar refractivity (Wildman–Crippen MR) is 64.7 cm³/mol. The van der Waals surface area contributed by atoms with E-state index in [1.807, 2.05) is 11.3 Å². The van der Waals surface area contributed by atoms with E-state index in [4.69, 9.17) is 4.74 Å². The standard InChI is InChI=1S/C12H19NOS/c1-9-4-5-11(15-9)10-6-12(2,8-14-3)13-7-10/h4-5,10,13H,6-8H2,1-3H3. The lowest BCUT2D eigenvalue weighted by molar-refractivity contribution is 0.129. The minimum atomic E-state index is 0.164. The van der Waals surface area contributed by atoms with Crippen LogP contribution >= 0.6 is 11.3 Å². The highest BCUT2D eigenvalue weighted by Gasteiger charge is 2.35. The molecule has 1 N–H and O–H groups in total. The molecule has 1 saturated heterocycles. The molecule has 0 aromatic carbocycles. The van der Waals surface area contributed by atoms with E-state index in [9.17, 15) is 0 Å². The highest BCUT2D eigenvalue weighted by Crippen LogP contribution is 2.35. The fourth-order valence-electron chi connectivity index (χ4n) is 2.36. The van der Waals surface area contributed by atoms with E-state index in [0.717, 1.165) is 13.2 Å². The van der Waals surface area contributed by atoms with Gasteiger partial charge in [-0.15, -0.1) is 11.3 Å². The topological polar surface area (TPSA) is 21.3 Å². The fraction of sp³-hybridized carbons (Fsp3) is 0.667. The second-order valence-electron chi connectivity index (χ2n) is 4.72. The van der Waals surface area contributed by atoms with Crippen LogP contribution in [0.15, 0.2) is 12.1 Å². The van der Waals surface area contributed by atoms with Gasteiger partial charge in [-0.1, -0.05) is 0 Å². The molecule has 84 valence electrons. The molecule has 2 atom stereocenters. The summed E-state index contributed by atoms with van der Waals surface area (Å²) < 4.78 is 5.26. The first-order valence-electron chi connectivity index (χ1n) is 5.43. The summed E-state index contributed by atoms with van der Waals surface area (Å²) in [6, 6.07) is 4.48. The number of nitrogens with one attached hydrogen (secondary N) is 1. The quantitative estimate of drug-likeness (QED) is 0.853. The summed E-state index contributed by atoms with van der Waals surface area (Å²) in [4.78, 5) is 2.92. The van der Waals surface area contributed by atoms with Gasteiger partial charge in [0, 0.05) is 34.9 Å². The van der Waals surface area contributed by atoms with Crippen molar-refractivity contribution < 1.29 is 4.74 Å². The number of aryl methyl sites for hydroxylation is 1. The van der Waals surface area contributed by atoms with E-state index < -0.39 is 0 Å². The average Bonchev–Trinajstić information content (AvgIpc) is 2.73. The molecule has 0 amide bonds. The molecule has 0 spiro atoms. The Morgan fingerprint density at radius 2 is 2.40 bits per heavy atom. The Morgan fingerprint density at radius 3 is 3.00 bits per heavy atom. The van der Waals surface area contributed by atoms with Crippen LogP contribution in [0.1, 0.15) is 29.0 Å². The Kier molecular flexibility index (Phi) is 3.14. The van der Waals surface area contributed by atoms with E-state index in [1.165, 1.54) is 16.2 Å². The number of rotatable bonds is 3. The Labute approximate surface area is 95.6 Å². The van der Waals surface area contributed by atoms with Crippen LogP contribution in [-0.4, -0.2) is 25.8 Å². The molecule has 2 rings (SSSR count). The van der Waals surface area contributed by atoms with Crippen molar-refractivity contribution in [2.24, 2.45) is 0 Å². The number of ether oxygens (including phenoxy) is 1. The first-order valence-corrected chi connectivity index (χ1v) is 6.25. The zero-order valence-corrected chi connectivity index (χ0v) is 10.5. The third-order valence-electron chi connectivity index (χ3n) is 3.10. The summed E-state index contributed by atoms with van der Waals surface area (Å²) in [7, 11) is 1.77. The van der Waals surface area contributed by atoms with E-state index >= 15 is 0 Å². The summed E-state index contributed by atoms with van der Waals surface area (Å²) in [5.74, 6) is 0.670. The third-order valence-corrected chi connectivity index (χ3v) is 4.26. The molecule has 0 saturated carbocycles. The van der Waals surface area contributed by atoms with Crippen LogP contribution in [0, 0.1) is 6.92 Å². The van der Waals surface area contributed by atoms with Gasteiger partial charge in [-0.2, -0.15) is 0 Å². The monoisotopic (exact) mass is 225 g/mol. The summed E-state index contributed by atoms with van der Waals surface area (Å²) in [5.41, 5.74) is 0.164. The smallest absolute Gasteiger partial charge is 0.0642 e. The van der Waals surface area contributed by atoms with E-state index in [-0.39, 0.29) is 5.54 Å². The molecule has 2 heterocycles. The minimum absolute atomic E-state index is 0.164. The Bertz CT molecular complexity index is 336. The summed E-state index contributed by atoms with van der Waals surface area (Å²) >= 11 is 1.92. The molecule has 1 aliphatic rings. The first-order chi connectivity index (χ1) is 7.13. The molecule has 0 bridgehead atoms. The molecule has 0 radical (unpaired) electrons. The highest BCUT2D eigenvalue weighted by molar-refractivity contribution is 7.12. The van der Waals surface area contributed by atoms with Gasteiger partial charge in [0.2, 0.25) is 0 Å². The molecule has 0 aliphatic carbocycles. The van der Waals surface area contributed by atoms with Gasteiger partial charge >= 0.3 is 0 Å². The fourth-order valence-corrected chi connectivity index (χ4v) is 3.34. The molecule has 1 aromatic heterocycles. The van der Waals surface area contributed by atoms with Crippen LogP contribution in [0.25, 0.3) is 0 Å².